The molecule has 0 aliphatic carbocycles. The summed E-state index contributed by atoms with van der Waals surface area (Å²) in [7, 11) is 0. The first-order valence-corrected chi connectivity index (χ1v) is 7.63. The second-order valence-corrected chi connectivity index (χ2v) is 5.73. The van der Waals surface area contributed by atoms with Crippen LogP contribution >= 0.6 is 0 Å². The molecule has 2 aromatic heterocycles. The molecule has 5 heteroatoms. The van der Waals surface area contributed by atoms with E-state index in [1.807, 2.05) is 32.2 Å². The molecule has 116 valence electrons. The minimum atomic E-state index is 0.823. The molecule has 0 fully saturated rings. The predicted octanol–water partition coefficient (Wildman–Crippen LogP) is 2.69. The van der Waals surface area contributed by atoms with Gasteiger partial charge in [-0.05, 0) is 19.9 Å². The lowest BCUT2D eigenvalue weighted by Gasteiger charge is -2.22. The van der Waals surface area contributed by atoms with E-state index in [0.29, 0.717) is 0 Å². The monoisotopic (exact) mass is 298 g/mol. The summed E-state index contributed by atoms with van der Waals surface area (Å²) >= 11 is 0. The lowest BCUT2D eigenvalue weighted by Crippen LogP contribution is -2.31. The third-order valence-electron chi connectivity index (χ3n) is 4.16. The van der Waals surface area contributed by atoms with Gasteiger partial charge in [-0.25, -0.2) is 4.98 Å². The number of anilines is 1. The summed E-state index contributed by atoms with van der Waals surface area (Å²) in [5, 5.41) is 4.06. The zero-order chi connectivity index (χ0) is 15.5. The van der Waals surface area contributed by atoms with Crippen LogP contribution in [0.3, 0.4) is 0 Å². The summed E-state index contributed by atoms with van der Waals surface area (Å²) in [6.45, 7) is 12.3. The van der Waals surface area contributed by atoms with Gasteiger partial charge in [0.25, 0.3) is 0 Å². The van der Waals surface area contributed by atoms with Crippen LogP contribution in [0.1, 0.15) is 22.6 Å². The molecule has 0 N–H and O–H groups in total. The quantitative estimate of drug-likeness (QED) is 0.812. The average Bonchev–Trinajstić information content (AvgIpc) is 2.74. The molecular formula is C17H22N4O. The Morgan fingerprint density at radius 1 is 1.36 bits per heavy atom. The number of aryl methyl sites for hydroxylation is 2. The standard InChI is InChI=1S/C17H22N4O/c1-4-8-21-10-9-20(11-15-6-5-7-18-17(15)21)12-16-13(2)19-22-14(16)3/h4-7H,1,8-12H2,2-3H3. The molecule has 0 amide bonds. The molecule has 0 saturated carbocycles. The summed E-state index contributed by atoms with van der Waals surface area (Å²) in [6.07, 6.45) is 3.79. The smallest absolute Gasteiger partial charge is 0.138 e. The van der Waals surface area contributed by atoms with Crippen LogP contribution in [0.25, 0.3) is 0 Å². The first-order chi connectivity index (χ1) is 10.7. The van der Waals surface area contributed by atoms with Gasteiger partial charge in [-0.2, -0.15) is 0 Å². The van der Waals surface area contributed by atoms with Gasteiger partial charge in [-0.3, -0.25) is 4.90 Å². The number of aromatic nitrogens is 2. The Labute approximate surface area is 131 Å². The Hall–Kier alpha value is -2.14. The Bertz CT molecular complexity index is 645. The van der Waals surface area contributed by atoms with Crippen LogP contribution in [0.4, 0.5) is 5.82 Å². The highest BCUT2D eigenvalue weighted by Crippen LogP contribution is 2.24. The SMILES string of the molecule is C=CCN1CCN(Cc2c(C)noc2C)Cc2cccnc21. The Morgan fingerprint density at radius 2 is 2.23 bits per heavy atom. The second-order valence-electron chi connectivity index (χ2n) is 5.73. The minimum Gasteiger partial charge on any atom is -0.361 e. The van der Waals surface area contributed by atoms with Crippen molar-refractivity contribution in [3.63, 3.8) is 0 Å². The first kappa shape index (κ1) is 14.8. The number of hydrogen-bond donors (Lipinski definition) is 0. The van der Waals surface area contributed by atoms with E-state index in [4.69, 9.17) is 4.52 Å². The third-order valence-corrected chi connectivity index (χ3v) is 4.16. The van der Waals surface area contributed by atoms with Crippen LogP contribution in [0.15, 0.2) is 35.5 Å². The summed E-state index contributed by atoms with van der Waals surface area (Å²) in [4.78, 5) is 9.28. The summed E-state index contributed by atoms with van der Waals surface area (Å²) in [5.74, 6) is 1.99. The molecule has 2 aromatic rings. The topological polar surface area (TPSA) is 45.4 Å². The van der Waals surface area contributed by atoms with E-state index in [9.17, 15) is 0 Å². The highest BCUT2D eigenvalue weighted by molar-refractivity contribution is 5.48. The van der Waals surface area contributed by atoms with Gasteiger partial charge >= 0.3 is 0 Å². The van der Waals surface area contributed by atoms with Crippen LogP contribution < -0.4 is 4.90 Å². The molecule has 3 heterocycles. The third kappa shape index (κ3) is 2.90. The van der Waals surface area contributed by atoms with Crippen molar-refractivity contribution < 1.29 is 4.52 Å². The van der Waals surface area contributed by atoms with E-state index in [1.54, 1.807) is 0 Å². The maximum absolute atomic E-state index is 5.28. The Balaban J connectivity index is 1.84. The van der Waals surface area contributed by atoms with Gasteiger partial charge in [0.05, 0.1) is 5.69 Å². The van der Waals surface area contributed by atoms with Crippen LogP contribution in [0, 0.1) is 13.8 Å². The zero-order valence-corrected chi connectivity index (χ0v) is 13.2. The van der Waals surface area contributed by atoms with Gasteiger partial charge in [-0.1, -0.05) is 17.3 Å². The fourth-order valence-corrected chi connectivity index (χ4v) is 2.95. The normalized spacial score (nSPS) is 15.5. The van der Waals surface area contributed by atoms with Crippen LogP contribution in [-0.2, 0) is 13.1 Å². The van der Waals surface area contributed by atoms with E-state index in [0.717, 1.165) is 50.0 Å². The van der Waals surface area contributed by atoms with Gasteiger partial charge in [0, 0.05) is 50.0 Å². The molecule has 1 aliphatic heterocycles. The van der Waals surface area contributed by atoms with Crippen molar-refractivity contribution in [1.82, 2.24) is 15.0 Å². The van der Waals surface area contributed by atoms with Gasteiger partial charge in [0.2, 0.25) is 0 Å². The van der Waals surface area contributed by atoms with Crippen molar-refractivity contribution in [2.45, 2.75) is 26.9 Å². The number of pyridine rings is 1. The van der Waals surface area contributed by atoms with E-state index in [-0.39, 0.29) is 0 Å². The van der Waals surface area contributed by atoms with E-state index < -0.39 is 0 Å². The molecular weight excluding hydrogens is 276 g/mol. The van der Waals surface area contributed by atoms with Gasteiger partial charge < -0.3 is 9.42 Å². The molecule has 0 saturated heterocycles. The number of nitrogens with zero attached hydrogens (tertiary/aromatic N) is 4. The lowest BCUT2D eigenvalue weighted by atomic mass is 10.1. The lowest BCUT2D eigenvalue weighted by molar-refractivity contribution is 0.266. The van der Waals surface area contributed by atoms with Crippen LogP contribution in [-0.4, -0.2) is 34.7 Å². The average molecular weight is 298 g/mol. The molecule has 0 spiro atoms. The summed E-state index contributed by atoms with van der Waals surface area (Å²) in [5.41, 5.74) is 3.44. The van der Waals surface area contributed by atoms with Gasteiger partial charge in [0.1, 0.15) is 11.6 Å². The van der Waals surface area contributed by atoms with Crippen molar-refractivity contribution in [2.75, 3.05) is 24.5 Å². The summed E-state index contributed by atoms with van der Waals surface area (Å²) in [6, 6.07) is 4.16. The van der Waals surface area contributed by atoms with Gasteiger partial charge in [0.15, 0.2) is 0 Å². The summed E-state index contributed by atoms with van der Waals surface area (Å²) < 4.78 is 5.28. The van der Waals surface area contributed by atoms with Gasteiger partial charge in [-0.15, -0.1) is 6.58 Å². The molecule has 0 unspecified atom stereocenters. The van der Waals surface area contributed by atoms with Crippen molar-refractivity contribution in [1.29, 1.82) is 0 Å². The highest BCUT2D eigenvalue weighted by atomic mass is 16.5. The highest BCUT2D eigenvalue weighted by Gasteiger charge is 2.21. The van der Waals surface area contributed by atoms with Crippen LogP contribution in [0.5, 0.6) is 0 Å². The van der Waals surface area contributed by atoms with E-state index in [2.05, 4.69) is 32.6 Å². The minimum absolute atomic E-state index is 0.823. The second kappa shape index (κ2) is 6.32. The molecule has 22 heavy (non-hydrogen) atoms. The van der Waals surface area contributed by atoms with Crippen molar-refractivity contribution in [3.8, 4) is 0 Å². The Morgan fingerprint density at radius 3 is 2.95 bits per heavy atom. The zero-order valence-electron chi connectivity index (χ0n) is 13.2. The van der Waals surface area contributed by atoms with Crippen molar-refractivity contribution in [3.05, 3.63) is 53.6 Å². The predicted molar refractivity (Wildman–Crippen MR) is 86.7 cm³/mol. The molecule has 0 radical (unpaired) electrons. The molecule has 0 aromatic carbocycles. The van der Waals surface area contributed by atoms with Crippen LogP contribution in [0.2, 0.25) is 0 Å². The van der Waals surface area contributed by atoms with Crippen molar-refractivity contribution >= 4 is 5.82 Å². The first-order valence-electron chi connectivity index (χ1n) is 7.63. The van der Waals surface area contributed by atoms with E-state index >= 15 is 0 Å². The molecule has 0 atom stereocenters. The number of hydrogen-bond acceptors (Lipinski definition) is 5. The van der Waals surface area contributed by atoms with Crippen molar-refractivity contribution in [2.24, 2.45) is 0 Å². The molecule has 3 rings (SSSR count). The fraction of sp³-hybridized carbons (Fsp3) is 0.412. The largest absolute Gasteiger partial charge is 0.361 e. The molecule has 5 nitrogen and oxygen atoms in total. The number of rotatable bonds is 4. The fourth-order valence-electron chi connectivity index (χ4n) is 2.95. The maximum Gasteiger partial charge on any atom is 0.138 e. The molecule has 0 bridgehead atoms. The Kier molecular flexibility index (Phi) is 4.24. The van der Waals surface area contributed by atoms with E-state index in [1.165, 1.54) is 11.1 Å². The number of fused-ring (bicyclic) bond motifs is 1. The molecule has 1 aliphatic rings. The maximum atomic E-state index is 5.28.